The van der Waals surface area contributed by atoms with E-state index in [2.05, 4.69) is 76.5 Å². The topological polar surface area (TPSA) is 124 Å². The Kier molecular flexibility index (Phi) is 8.90. The lowest BCUT2D eigenvalue weighted by atomic mass is 10.00. The maximum absolute atomic E-state index is 13.7. The highest BCUT2D eigenvalue weighted by atomic mass is 16.5. The maximum Gasteiger partial charge on any atom is 0.238 e. The highest BCUT2D eigenvalue weighted by Crippen LogP contribution is 2.40. The van der Waals surface area contributed by atoms with Crippen molar-refractivity contribution in [2.45, 2.75) is 33.6 Å². The minimum atomic E-state index is -0.266. The van der Waals surface area contributed by atoms with Crippen molar-refractivity contribution in [3.8, 4) is 45.9 Å². The predicted molar refractivity (Wildman–Crippen MR) is 250 cm³/mol. The first kappa shape index (κ1) is 37.9. The number of benzene rings is 6. The lowest BCUT2D eigenvalue weighted by molar-refractivity contribution is 0.103. The lowest BCUT2D eigenvalue weighted by Crippen LogP contribution is -2.08. The number of methoxy groups -OCH3 is 1. The number of phenols is 1. The third-order valence-electron chi connectivity index (χ3n) is 12.4. The molecule has 0 aliphatic heterocycles. The Morgan fingerprint density at radius 2 is 1.46 bits per heavy atom. The number of carbonyl (C=O) groups is 1. The Hall–Kier alpha value is -8.11. The molecule has 2 N–H and O–H groups in total. The monoisotopic (exact) mass is 823 g/mol. The van der Waals surface area contributed by atoms with E-state index in [1.54, 1.807) is 13.2 Å². The van der Waals surface area contributed by atoms with Gasteiger partial charge in [-0.15, -0.1) is 0 Å². The number of hydrogen-bond acceptors (Lipinski definition) is 7. The molecule has 0 spiro atoms. The number of nitrogens with one attached hydrogen (secondary N) is 1. The van der Waals surface area contributed by atoms with E-state index in [0.717, 1.165) is 102 Å². The van der Waals surface area contributed by atoms with E-state index >= 15 is 0 Å². The molecule has 10 aromatic rings. The average Bonchev–Trinajstić information content (AvgIpc) is 3.98. The lowest BCUT2D eigenvalue weighted by Gasteiger charge is -2.13. The van der Waals surface area contributed by atoms with Gasteiger partial charge in [0, 0.05) is 50.3 Å². The molecule has 10 nitrogen and oxygen atoms in total. The van der Waals surface area contributed by atoms with Crippen molar-refractivity contribution < 1.29 is 14.6 Å². The maximum atomic E-state index is 13.7. The average molecular weight is 824 g/mol. The van der Waals surface area contributed by atoms with Crippen molar-refractivity contribution in [2.24, 2.45) is 0 Å². The number of H-pyrrole nitrogens is 1. The molecule has 11 rings (SSSR count). The van der Waals surface area contributed by atoms with Crippen LogP contribution in [0.15, 0.2) is 140 Å². The third kappa shape index (κ3) is 6.29. The fourth-order valence-corrected chi connectivity index (χ4v) is 8.98. The van der Waals surface area contributed by atoms with Gasteiger partial charge in [0.05, 0.1) is 40.3 Å². The number of carbonyl (C=O) groups excluding carboxylic acids is 1. The van der Waals surface area contributed by atoms with Crippen molar-refractivity contribution in [2.75, 3.05) is 7.11 Å². The molecular weight excluding hydrogens is 783 g/mol. The molecule has 1 aliphatic carbocycles. The van der Waals surface area contributed by atoms with Gasteiger partial charge in [-0.1, -0.05) is 60.7 Å². The number of hydrogen-bond donors (Lipinski definition) is 2. The standard InChI is InChI=1S/C53H41N7O3/c1-30-25-41(47(61)29-48(30)63-4)49(62)33-19-22-37(23-20-33)59-32(3)31(2)38-27-46-40(28-45(38)59)39-26-36(52-54-42-17-11-12-18-43(42)55-52)21-24-44(39)60(46)53-57-50(34-13-7-5-8-14-34)56-51(58-53)35-15-9-6-10-16-35/h5-9,11-15,17-29,61H,10,16H2,1-4H3,(H,54,55). The number of aromatic amines is 1. The molecule has 4 heterocycles. The molecule has 0 saturated heterocycles. The fraction of sp³-hybridized carbons (Fsp3) is 0.113. The summed E-state index contributed by atoms with van der Waals surface area (Å²) in [6.07, 6.45) is 8.11. The van der Waals surface area contributed by atoms with Gasteiger partial charge in [-0.3, -0.25) is 9.36 Å². The van der Waals surface area contributed by atoms with E-state index in [0.29, 0.717) is 28.9 Å². The number of aromatic nitrogens is 7. The Morgan fingerprint density at radius 1 is 0.714 bits per heavy atom. The Morgan fingerprint density at radius 3 is 2.24 bits per heavy atom. The van der Waals surface area contributed by atoms with Gasteiger partial charge in [0.15, 0.2) is 17.4 Å². The second-order valence-corrected chi connectivity index (χ2v) is 16.1. The predicted octanol–water partition coefficient (Wildman–Crippen LogP) is 11.7. The smallest absolute Gasteiger partial charge is 0.238 e. The summed E-state index contributed by atoms with van der Waals surface area (Å²) in [6.45, 7) is 6.13. The van der Waals surface area contributed by atoms with Gasteiger partial charge in [-0.05, 0) is 123 Å². The highest BCUT2D eigenvalue weighted by molar-refractivity contribution is 6.15. The van der Waals surface area contributed by atoms with E-state index in [1.165, 1.54) is 6.07 Å². The van der Waals surface area contributed by atoms with Crippen LogP contribution >= 0.6 is 0 Å². The van der Waals surface area contributed by atoms with Gasteiger partial charge in [0.25, 0.3) is 0 Å². The first-order valence-electron chi connectivity index (χ1n) is 21.0. The first-order valence-corrected chi connectivity index (χ1v) is 21.0. The van der Waals surface area contributed by atoms with Crippen LogP contribution in [0.3, 0.4) is 0 Å². The van der Waals surface area contributed by atoms with E-state index < -0.39 is 0 Å². The molecule has 4 aromatic heterocycles. The van der Waals surface area contributed by atoms with Crippen LogP contribution < -0.4 is 4.74 Å². The summed E-state index contributed by atoms with van der Waals surface area (Å²) in [6, 6.07) is 39.8. The summed E-state index contributed by atoms with van der Waals surface area (Å²) >= 11 is 0. The molecule has 0 radical (unpaired) electrons. The number of phenolic OH excluding ortho intramolecular Hbond substituents is 1. The van der Waals surface area contributed by atoms with Crippen molar-refractivity contribution in [1.82, 2.24) is 34.1 Å². The van der Waals surface area contributed by atoms with Crippen molar-refractivity contribution in [3.05, 3.63) is 173 Å². The molecule has 0 fully saturated rings. The summed E-state index contributed by atoms with van der Waals surface area (Å²) < 4.78 is 9.77. The molecule has 306 valence electrons. The largest absolute Gasteiger partial charge is 0.507 e. The van der Waals surface area contributed by atoms with Crippen LogP contribution in [-0.4, -0.2) is 52.1 Å². The summed E-state index contributed by atoms with van der Waals surface area (Å²) in [5.41, 5.74) is 12.3. The highest BCUT2D eigenvalue weighted by Gasteiger charge is 2.23. The van der Waals surface area contributed by atoms with Gasteiger partial charge < -0.3 is 19.4 Å². The minimum absolute atomic E-state index is 0.117. The van der Waals surface area contributed by atoms with Gasteiger partial charge in [-0.25, -0.2) is 9.97 Å². The SMILES string of the molecule is COc1cc(O)c(C(=O)c2ccc(-n3c(C)c(C)c4cc5c(cc43)c3cc(-c4nc6ccccc6[nH]4)ccc3n5-c3nc(C4=CC=CCC4)nc(-c4ccccc4)n3)cc2)cc1C. The molecule has 0 amide bonds. The third-order valence-corrected chi connectivity index (χ3v) is 12.4. The van der Waals surface area contributed by atoms with Gasteiger partial charge in [0.1, 0.15) is 17.3 Å². The van der Waals surface area contributed by atoms with Gasteiger partial charge >= 0.3 is 0 Å². The van der Waals surface area contributed by atoms with Gasteiger partial charge in [0.2, 0.25) is 5.95 Å². The number of aromatic hydroxyl groups is 1. The molecule has 63 heavy (non-hydrogen) atoms. The van der Waals surface area contributed by atoms with Crippen LogP contribution in [0, 0.1) is 20.8 Å². The molecule has 0 unspecified atom stereocenters. The zero-order chi connectivity index (χ0) is 42.9. The number of aryl methyl sites for hydroxylation is 2. The fourth-order valence-electron chi connectivity index (χ4n) is 8.98. The number of imidazole rings is 1. The van der Waals surface area contributed by atoms with E-state index in [1.807, 2.05) is 85.8 Å². The number of nitrogens with zero attached hydrogens (tertiary/aromatic N) is 6. The second-order valence-electron chi connectivity index (χ2n) is 16.1. The zero-order valence-corrected chi connectivity index (χ0v) is 35.1. The summed E-state index contributed by atoms with van der Waals surface area (Å²) in [5.74, 6) is 2.74. The molecule has 0 saturated carbocycles. The number of fused-ring (bicyclic) bond motifs is 5. The Bertz CT molecular complexity index is 3520. The minimum Gasteiger partial charge on any atom is -0.507 e. The van der Waals surface area contributed by atoms with Gasteiger partial charge in [-0.2, -0.15) is 9.97 Å². The number of rotatable bonds is 8. The molecule has 6 aromatic carbocycles. The van der Waals surface area contributed by atoms with Crippen LogP contribution in [0.1, 0.15) is 51.4 Å². The zero-order valence-electron chi connectivity index (χ0n) is 35.1. The number of ether oxygens (including phenoxy) is 1. The van der Waals surface area contributed by atoms with E-state index in [4.69, 9.17) is 24.7 Å². The number of para-hydroxylation sites is 2. The normalized spacial score (nSPS) is 12.8. The van der Waals surface area contributed by atoms with Crippen LogP contribution in [0.5, 0.6) is 11.5 Å². The molecule has 0 bridgehead atoms. The second kappa shape index (κ2) is 14.8. The Balaban J connectivity index is 1.12. The molecule has 0 atom stereocenters. The summed E-state index contributed by atoms with van der Waals surface area (Å²) in [7, 11) is 1.54. The quantitative estimate of drug-likeness (QED) is 0.146. The van der Waals surface area contributed by atoms with E-state index in [9.17, 15) is 9.90 Å². The van der Waals surface area contributed by atoms with Crippen molar-refractivity contribution >= 4 is 55.1 Å². The van der Waals surface area contributed by atoms with Crippen LogP contribution in [0.4, 0.5) is 0 Å². The van der Waals surface area contributed by atoms with Crippen LogP contribution in [0.2, 0.25) is 0 Å². The number of ketones is 1. The number of allylic oxidation sites excluding steroid dienone is 4. The molecular formula is C53H41N7O3. The van der Waals surface area contributed by atoms with E-state index in [-0.39, 0.29) is 17.1 Å². The van der Waals surface area contributed by atoms with Crippen LogP contribution in [0.25, 0.3) is 83.7 Å². The Labute approximate surface area is 362 Å². The molecule has 10 heteroatoms. The molecule has 1 aliphatic rings. The summed E-state index contributed by atoms with van der Waals surface area (Å²) in [5, 5.41) is 13.9. The summed E-state index contributed by atoms with van der Waals surface area (Å²) in [4.78, 5) is 37.7. The van der Waals surface area contributed by atoms with Crippen molar-refractivity contribution in [1.29, 1.82) is 0 Å². The first-order chi connectivity index (χ1) is 30.7. The van der Waals surface area contributed by atoms with Crippen molar-refractivity contribution in [3.63, 3.8) is 0 Å². The van der Waals surface area contributed by atoms with Crippen LogP contribution in [-0.2, 0) is 0 Å².